The van der Waals surface area contributed by atoms with Crippen LogP contribution in [0, 0.1) is 0 Å². The van der Waals surface area contributed by atoms with Crippen molar-refractivity contribution in [3.8, 4) is 0 Å². The van der Waals surface area contributed by atoms with Gasteiger partial charge in [-0.15, -0.1) is 0 Å². The number of halogens is 2. The highest BCUT2D eigenvalue weighted by atomic mass is 19.1. The minimum Gasteiger partial charge on any atom is -0.370 e. The first-order valence-corrected chi connectivity index (χ1v) is 8.94. The Labute approximate surface area is 147 Å². The van der Waals surface area contributed by atoms with Gasteiger partial charge >= 0.3 is 0 Å². The van der Waals surface area contributed by atoms with Gasteiger partial charge in [0, 0.05) is 44.3 Å². The number of allylic oxidation sites excluding steroid dienone is 1. The molecule has 0 aliphatic carbocycles. The van der Waals surface area contributed by atoms with E-state index in [0.717, 1.165) is 18.8 Å². The smallest absolute Gasteiger partial charge is 0.116 e. The predicted molar refractivity (Wildman–Crippen MR) is 96.7 cm³/mol. The third kappa shape index (κ3) is 7.06. The van der Waals surface area contributed by atoms with Crippen LogP contribution in [0.2, 0.25) is 0 Å². The summed E-state index contributed by atoms with van der Waals surface area (Å²) < 4.78 is 31.5. The molecule has 0 N–H and O–H groups in total. The summed E-state index contributed by atoms with van der Waals surface area (Å²) >= 11 is 0. The first-order chi connectivity index (χ1) is 10.8. The second-order valence-electron chi connectivity index (χ2n) is 8.69. The highest BCUT2D eigenvalue weighted by Gasteiger charge is 2.37. The molecule has 0 bridgehead atoms. The van der Waals surface area contributed by atoms with Crippen LogP contribution in [-0.2, 0) is 4.74 Å². The Morgan fingerprint density at radius 1 is 1.04 bits per heavy atom. The van der Waals surface area contributed by atoms with Crippen molar-refractivity contribution in [3.05, 3.63) is 12.3 Å². The first kappa shape index (κ1) is 21.4. The lowest BCUT2D eigenvalue weighted by Gasteiger charge is -2.48. The summed E-state index contributed by atoms with van der Waals surface area (Å²) in [5.74, 6) is 0. The Hall–Kier alpha value is -0.680. The number of hydrogen-bond donors (Lipinski definition) is 0. The fraction of sp³-hybridized carbons (Fsp3) is 0.895. The van der Waals surface area contributed by atoms with Crippen LogP contribution in [-0.4, -0.2) is 65.6 Å². The average Bonchev–Trinajstić information content (AvgIpc) is 2.34. The zero-order valence-corrected chi connectivity index (χ0v) is 16.5. The fourth-order valence-electron chi connectivity index (χ4n) is 3.49. The minimum atomic E-state index is -0.971. The highest BCUT2D eigenvalue weighted by Crippen LogP contribution is 2.29. The van der Waals surface area contributed by atoms with Gasteiger partial charge in [-0.1, -0.05) is 6.58 Å². The maximum atomic E-state index is 12.8. The van der Waals surface area contributed by atoms with Crippen molar-refractivity contribution in [1.29, 1.82) is 0 Å². The van der Waals surface area contributed by atoms with E-state index < -0.39 is 12.3 Å². The van der Waals surface area contributed by atoms with E-state index in [1.54, 1.807) is 0 Å². The van der Waals surface area contributed by atoms with E-state index in [9.17, 15) is 8.78 Å². The van der Waals surface area contributed by atoms with Gasteiger partial charge in [0.15, 0.2) is 0 Å². The second-order valence-corrected chi connectivity index (χ2v) is 8.69. The minimum absolute atomic E-state index is 0.0688. The number of ether oxygens (including phenoxy) is 1. The molecule has 0 aromatic carbocycles. The maximum Gasteiger partial charge on any atom is 0.116 e. The Morgan fingerprint density at radius 2 is 1.46 bits per heavy atom. The largest absolute Gasteiger partial charge is 0.370 e. The van der Waals surface area contributed by atoms with Crippen molar-refractivity contribution in [1.82, 2.24) is 9.80 Å². The third-order valence-electron chi connectivity index (χ3n) is 4.34. The van der Waals surface area contributed by atoms with Crippen LogP contribution >= 0.6 is 0 Å². The summed E-state index contributed by atoms with van der Waals surface area (Å²) in [4.78, 5) is 4.14. The summed E-state index contributed by atoms with van der Waals surface area (Å²) in [5, 5.41) is 0. The fourth-order valence-corrected chi connectivity index (χ4v) is 3.49. The van der Waals surface area contributed by atoms with E-state index in [2.05, 4.69) is 46.1 Å². The summed E-state index contributed by atoms with van der Waals surface area (Å²) in [5.41, 5.74) is 0.992. The van der Waals surface area contributed by atoms with Crippen LogP contribution in [0.5, 0.6) is 0 Å². The van der Waals surface area contributed by atoms with Crippen LogP contribution in [0.15, 0.2) is 12.3 Å². The SMILES string of the molecule is C=C(C)N1CC(C)(C)OC(C)(C)C1.CC(C)N1C[C@H](F)C[C@H](F)C1. The van der Waals surface area contributed by atoms with Gasteiger partial charge in [-0.25, -0.2) is 8.78 Å². The lowest BCUT2D eigenvalue weighted by atomic mass is 9.99. The van der Waals surface area contributed by atoms with Gasteiger partial charge in [-0.3, -0.25) is 4.90 Å². The molecule has 0 aromatic heterocycles. The lowest BCUT2D eigenvalue weighted by molar-refractivity contribution is -0.173. The summed E-state index contributed by atoms with van der Waals surface area (Å²) in [6.07, 6.45) is -1.86. The van der Waals surface area contributed by atoms with Crippen molar-refractivity contribution in [2.24, 2.45) is 0 Å². The number of hydrogen-bond acceptors (Lipinski definition) is 3. The molecule has 0 saturated carbocycles. The molecule has 24 heavy (non-hydrogen) atoms. The van der Waals surface area contributed by atoms with Gasteiger partial charge in [0.2, 0.25) is 0 Å². The molecule has 2 rings (SSSR count). The average molecular weight is 347 g/mol. The molecule has 0 radical (unpaired) electrons. The van der Waals surface area contributed by atoms with E-state index >= 15 is 0 Å². The van der Waals surface area contributed by atoms with Gasteiger partial charge in [0.05, 0.1) is 11.2 Å². The van der Waals surface area contributed by atoms with Crippen LogP contribution in [0.25, 0.3) is 0 Å². The van der Waals surface area contributed by atoms with Crippen molar-refractivity contribution in [2.45, 2.75) is 84.5 Å². The zero-order valence-electron chi connectivity index (χ0n) is 16.5. The van der Waals surface area contributed by atoms with Gasteiger partial charge in [0.25, 0.3) is 0 Å². The van der Waals surface area contributed by atoms with Crippen LogP contribution in [0.3, 0.4) is 0 Å². The number of rotatable bonds is 2. The van der Waals surface area contributed by atoms with E-state index in [0.29, 0.717) is 13.1 Å². The Morgan fingerprint density at radius 3 is 1.79 bits per heavy atom. The molecule has 2 saturated heterocycles. The quantitative estimate of drug-likeness (QED) is 0.746. The number of likely N-dealkylation sites (tertiary alicyclic amines) is 1. The molecule has 0 amide bonds. The van der Waals surface area contributed by atoms with Gasteiger partial charge in [-0.05, 0) is 48.5 Å². The second kappa shape index (κ2) is 8.13. The number of morpholine rings is 1. The van der Waals surface area contributed by atoms with E-state index in [4.69, 9.17) is 4.74 Å². The predicted octanol–water partition coefficient (Wildman–Crippen LogP) is 4.19. The van der Waals surface area contributed by atoms with Gasteiger partial charge in [-0.2, -0.15) is 0 Å². The number of piperidine rings is 1. The monoisotopic (exact) mass is 346 g/mol. The summed E-state index contributed by atoms with van der Waals surface area (Å²) in [6, 6.07) is 0.256. The Bertz CT molecular complexity index is 398. The standard InChI is InChI=1S/C11H21NO.C8H15F2N/c1-9(2)12-7-10(3,4)13-11(5,6)8-12;1-6(2)11-4-7(9)3-8(10)5-11/h1,7-8H2,2-6H3;6-8H,3-5H2,1-2H3/t;7-,8+. The molecule has 2 fully saturated rings. The summed E-state index contributed by atoms with van der Waals surface area (Å²) in [7, 11) is 0. The van der Waals surface area contributed by atoms with Gasteiger partial charge in [0.1, 0.15) is 12.3 Å². The lowest BCUT2D eigenvalue weighted by Crippen LogP contribution is -2.56. The van der Waals surface area contributed by atoms with Crippen molar-refractivity contribution in [2.75, 3.05) is 26.2 Å². The number of alkyl halides is 2. The topological polar surface area (TPSA) is 15.7 Å². The molecule has 0 aromatic rings. The maximum absolute atomic E-state index is 12.8. The van der Waals surface area contributed by atoms with Crippen LogP contribution in [0.1, 0.15) is 54.9 Å². The van der Waals surface area contributed by atoms with Crippen molar-refractivity contribution >= 4 is 0 Å². The summed E-state index contributed by atoms with van der Waals surface area (Å²) in [6.45, 7) is 21.1. The molecular weight excluding hydrogens is 310 g/mol. The number of nitrogens with zero attached hydrogens (tertiary/aromatic N) is 2. The van der Waals surface area contributed by atoms with Crippen LogP contribution in [0.4, 0.5) is 8.78 Å². The van der Waals surface area contributed by atoms with E-state index in [1.807, 2.05) is 18.7 Å². The molecule has 5 heteroatoms. The van der Waals surface area contributed by atoms with E-state index in [-0.39, 0.29) is 23.7 Å². The zero-order chi connectivity index (χ0) is 18.7. The van der Waals surface area contributed by atoms with Crippen molar-refractivity contribution in [3.63, 3.8) is 0 Å². The molecular formula is C19H36F2N2O. The highest BCUT2D eigenvalue weighted by molar-refractivity contribution is 4.99. The van der Waals surface area contributed by atoms with Crippen LogP contribution < -0.4 is 0 Å². The molecule has 2 aliphatic rings. The first-order valence-electron chi connectivity index (χ1n) is 8.94. The molecule has 2 atom stereocenters. The third-order valence-corrected chi connectivity index (χ3v) is 4.34. The normalized spacial score (nSPS) is 29.8. The van der Waals surface area contributed by atoms with E-state index in [1.165, 1.54) is 0 Å². The molecule has 2 heterocycles. The Kier molecular flexibility index (Phi) is 7.24. The Balaban J connectivity index is 0.000000243. The molecule has 3 nitrogen and oxygen atoms in total. The van der Waals surface area contributed by atoms with Crippen molar-refractivity contribution < 1.29 is 13.5 Å². The molecule has 0 spiro atoms. The molecule has 2 aliphatic heterocycles. The van der Waals surface area contributed by atoms with Gasteiger partial charge < -0.3 is 9.64 Å². The molecule has 0 unspecified atom stereocenters. The molecule has 142 valence electrons.